The molecule has 0 atom stereocenters. The number of aromatic nitrogens is 1. The van der Waals surface area contributed by atoms with Crippen LogP contribution in [0.25, 0.3) is 0 Å². The van der Waals surface area contributed by atoms with Crippen LogP contribution in [0.5, 0.6) is 11.5 Å². The molecule has 0 saturated carbocycles. The lowest BCUT2D eigenvalue weighted by atomic mass is 10.1. The van der Waals surface area contributed by atoms with E-state index >= 15 is 0 Å². The van der Waals surface area contributed by atoms with Crippen LogP contribution in [-0.2, 0) is 10.9 Å². The summed E-state index contributed by atoms with van der Waals surface area (Å²) >= 11 is 1.32. The fraction of sp³-hybridized carbons (Fsp3) is 0.261. The highest BCUT2D eigenvalue weighted by atomic mass is 32.1. The number of carbonyl (C=O) groups excluding carboxylic acids is 2. The highest BCUT2D eigenvalue weighted by Crippen LogP contribution is 2.39. The quantitative estimate of drug-likeness (QED) is 0.400. The Morgan fingerprint density at radius 3 is 2.39 bits per heavy atom. The predicted molar refractivity (Wildman–Crippen MR) is 118 cm³/mol. The first-order valence-corrected chi connectivity index (χ1v) is 10.7. The zero-order valence-corrected chi connectivity index (χ0v) is 19.1. The molecule has 3 rings (SSSR count). The summed E-state index contributed by atoms with van der Waals surface area (Å²) in [5, 5.41) is 2.33. The van der Waals surface area contributed by atoms with Crippen LogP contribution in [0.4, 0.5) is 18.9 Å². The number of alkyl halides is 3. The Balaban J connectivity index is 2.06. The number of methoxy groups -OCH3 is 1. The second kappa shape index (κ2) is 9.62. The fourth-order valence-electron chi connectivity index (χ4n) is 3.19. The van der Waals surface area contributed by atoms with Crippen LogP contribution >= 0.6 is 11.3 Å². The maximum absolute atomic E-state index is 13.3. The van der Waals surface area contributed by atoms with Crippen molar-refractivity contribution in [3.05, 3.63) is 69.7 Å². The zero-order chi connectivity index (χ0) is 24.3. The van der Waals surface area contributed by atoms with Crippen molar-refractivity contribution in [2.75, 3.05) is 12.0 Å². The van der Waals surface area contributed by atoms with Crippen molar-refractivity contribution in [2.45, 2.75) is 33.0 Å². The monoisotopic (exact) mass is 478 g/mol. The van der Waals surface area contributed by atoms with Crippen LogP contribution in [0, 0.1) is 6.92 Å². The van der Waals surface area contributed by atoms with Gasteiger partial charge in [0.15, 0.2) is 0 Å². The largest absolute Gasteiger partial charge is 0.465 e. The standard InChI is InChI=1S/C23H21F3N2O4S/c1-13(2)28(21(29)18-12-33-14(3)27-18)19-10-9-15(11-16(19)22(30)31-4)32-20-8-6-5-7-17(20)23(24,25)26/h5-13H,1-4H3. The SMILES string of the molecule is COC(=O)c1cc(Oc2ccccc2C(F)(F)F)ccc1N(C(=O)c1csc(C)n1)C(C)C. The Hall–Kier alpha value is -3.40. The average Bonchev–Trinajstić information content (AvgIpc) is 3.20. The van der Waals surface area contributed by atoms with Gasteiger partial charge in [0, 0.05) is 11.4 Å². The number of hydrogen-bond acceptors (Lipinski definition) is 6. The lowest BCUT2D eigenvalue weighted by Crippen LogP contribution is -2.38. The molecule has 0 spiro atoms. The van der Waals surface area contributed by atoms with Crippen molar-refractivity contribution in [1.29, 1.82) is 0 Å². The van der Waals surface area contributed by atoms with Gasteiger partial charge in [0.2, 0.25) is 0 Å². The topological polar surface area (TPSA) is 68.7 Å². The van der Waals surface area contributed by atoms with Crippen LogP contribution in [0.1, 0.15) is 45.3 Å². The molecule has 10 heteroatoms. The van der Waals surface area contributed by atoms with E-state index in [4.69, 9.17) is 9.47 Å². The average molecular weight is 478 g/mol. The molecule has 0 N–H and O–H groups in total. The molecule has 174 valence electrons. The molecule has 0 saturated heterocycles. The van der Waals surface area contributed by atoms with Crippen LogP contribution in [0.3, 0.4) is 0 Å². The Morgan fingerprint density at radius 1 is 1.12 bits per heavy atom. The number of carbonyl (C=O) groups is 2. The van der Waals surface area contributed by atoms with Crippen molar-refractivity contribution in [3.8, 4) is 11.5 Å². The van der Waals surface area contributed by atoms with E-state index in [-0.39, 0.29) is 28.7 Å². The smallest absolute Gasteiger partial charge is 0.419 e. The summed E-state index contributed by atoms with van der Waals surface area (Å²) in [6.45, 7) is 5.30. The summed E-state index contributed by atoms with van der Waals surface area (Å²) in [6, 6.07) is 8.48. The Bertz CT molecular complexity index is 1170. The summed E-state index contributed by atoms with van der Waals surface area (Å²) in [5.41, 5.74) is -0.537. The van der Waals surface area contributed by atoms with E-state index in [0.717, 1.165) is 6.07 Å². The minimum Gasteiger partial charge on any atom is -0.465 e. The third-order valence-corrected chi connectivity index (χ3v) is 5.40. The molecule has 1 aromatic heterocycles. The van der Waals surface area contributed by atoms with Gasteiger partial charge in [-0.2, -0.15) is 13.2 Å². The molecule has 0 aliphatic heterocycles. The van der Waals surface area contributed by atoms with Gasteiger partial charge in [0.05, 0.1) is 28.9 Å². The summed E-state index contributed by atoms with van der Waals surface area (Å²) in [7, 11) is 1.17. The van der Waals surface area contributed by atoms with Gasteiger partial charge in [-0.3, -0.25) is 4.79 Å². The number of halogens is 3. The Morgan fingerprint density at radius 2 is 1.82 bits per heavy atom. The third kappa shape index (κ3) is 5.33. The Labute approximate surface area is 192 Å². The first kappa shape index (κ1) is 24.2. The number of hydrogen-bond donors (Lipinski definition) is 0. The van der Waals surface area contributed by atoms with Gasteiger partial charge in [-0.15, -0.1) is 11.3 Å². The summed E-state index contributed by atoms with van der Waals surface area (Å²) < 4.78 is 50.3. The summed E-state index contributed by atoms with van der Waals surface area (Å²) in [6.07, 6.45) is -4.62. The highest BCUT2D eigenvalue weighted by molar-refractivity contribution is 7.09. The first-order valence-electron chi connectivity index (χ1n) is 9.85. The van der Waals surface area contributed by atoms with Crippen molar-refractivity contribution in [2.24, 2.45) is 0 Å². The molecule has 1 heterocycles. The van der Waals surface area contributed by atoms with Gasteiger partial charge in [0.25, 0.3) is 5.91 Å². The molecule has 0 fully saturated rings. The lowest BCUT2D eigenvalue weighted by Gasteiger charge is -2.28. The zero-order valence-electron chi connectivity index (χ0n) is 18.3. The molecule has 0 aliphatic carbocycles. The summed E-state index contributed by atoms with van der Waals surface area (Å²) in [4.78, 5) is 31.3. The number of aryl methyl sites for hydroxylation is 1. The summed E-state index contributed by atoms with van der Waals surface area (Å²) in [5.74, 6) is -1.62. The number of anilines is 1. The second-order valence-electron chi connectivity index (χ2n) is 7.29. The molecule has 0 bridgehead atoms. The number of thiazole rings is 1. The first-order chi connectivity index (χ1) is 15.5. The van der Waals surface area contributed by atoms with Crippen LogP contribution in [0.15, 0.2) is 47.8 Å². The van der Waals surface area contributed by atoms with Gasteiger partial charge in [-0.25, -0.2) is 9.78 Å². The van der Waals surface area contributed by atoms with Crippen molar-refractivity contribution < 1.29 is 32.2 Å². The molecule has 2 aromatic carbocycles. The third-order valence-electron chi connectivity index (χ3n) is 4.63. The number of esters is 1. The van der Waals surface area contributed by atoms with E-state index in [1.807, 2.05) is 0 Å². The van der Waals surface area contributed by atoms with Crippen molar-refractivity contribution in [1.82, 2.24) is 4.98 Å². The van der Waals surface area contributed by atoms with E-state index in [9.17, 15) is 22.8 Å². The Kier molecular flexibility index (Phi) is 7.06. The highest BCUT2D eigenvalue weighted by Gasteiger charge is 2.34. The maximum atomic E-state index is 13.3. The van der Waals surface area contributed by atoms with E-state index in [0.29, 0.717) is 5.01 Å². The molecule has 0 aliphatic rings. The van der Waals surface area contributed by atoms with Gasteiger partial charge < -0.3 is 14.4 Å². The van der Waals surface area contributed by atoms with E-state index in [1.165, 1.54) is 59.7 Å². The molecule has 6 nitrogen and oxygen atoms in total. The van der Waals surface area contributed by atoms with E-state index in [2.05, 4.69) is 4.98 Å². The predicted octanol–water partition coefficient (Wildman–Crippen LogP) is 6.10. The molecule has 0 unspecified atom stereocenters. The molecule has 3 aromatic rings. The normalized spacial score (nSPS) is 11.4. The van der Waals surface area contributed by atoms with E-state index < -0.39 is 29.4 Å². The molecule has 0 radical (unpaired) electrons. The number of benzene rings is 2. The number of rotatable bonds is 6. The minimum absolute atomic E-state index is 0.0171. The number of nitrogens with zero attached hydrogens (tertiary/aromatic N) is 2. The van der Waals surface area contributed by atoms with Crippen molar-refractivity contribution >= 4 is 28.9 Å². The van der Waals surface area contributed by atoms with Crippen molar-refractivity contribution in [3.63, 3.8) is 0 Å². The minimum atomic E-state index is -4.62. The molecule has 1 amide bonds. The maximum Gasteiger partial charge on any atom is 0.419 e. The lowest BCUT2D eigenvalue weighted by molar-refractivity contribution is -0.138. The van der Waals surface area contributed by atoms with E-state index in [1.54, 1.807) is 26.2 Å². The van der Waals surface area contributed by atoms with Gasteiger partial charge >= 0.3 is 12.1 Å². The van der Waals surface area contributed by atoms with Gasteiger partial charge in [-0.05, 0) is 51.1 Å². The van der Waals surface area contributed by atoms with Crippen LogP contribution in [0.2, 0.25) is 0 Å². The number of para-hydroxylation sites is 1. The number of amides is 1. The van der Waals surface area contributed by atoms with Gasteiger partial charge in [0.1, 0.15) is 17.2 Å². The molecular formula is C23H21F3N2O4S. The van der Waals surface area contributed by atoms with Crippen LogP contribution < -0.4 is 9.64 Å². The molecular weight excluding hydrogens is 457 g/mol. The molecule has 33 heavy (non-hydrogen) atoms. The fourth-order valence-corrected chi connectivity index (χ4v) is 3.77. The van der Waals surface area contributed by atoms with Crippen LogP contribution in [-0.4, -0.2) is 30.0 Å². The second-order valence-corrected chi connectivity index (χ2v) is 8.35. The van der Waals surface area contributed by atoms with Gasteiger partial charge in [-0.1, -0.05) is 12.1 Å². The number of ether oxygens (including phenoxy) is 2.